The summed E-state index contributed by atoms with van der Waals surface area (Å²) >= 11 is 0. The van der Waals surface area contributed by atoms with Crippen LogP contribution in [0.25, 0.3) is 0 Å². The molecule has 0 unspecified atom stereocenters. The Morgan fingerprint density at radius 2 is 1.76 bits per heavy atom. The molecule has 6 heteroatoms. The zero-order valence-electron chi connectivity index (χ0n) is 16.3. The summed E-state index contributed by atoms with van der Waals surface area (Å²) in [6.07, 6.45) is 4.06. The Balaban J connectivity index is 1.57. The Bertz CT molecular complexity index is 1070. The SMILES string of the molecule is COc1ccc(C2=NN3[C@H](C2)c2ccccc2O[C@H]3c2ccncc2)cc1OC. The maximum Gasteiger partial charge on any atom is 0.213 e. The molecule has 6 nitrogen and oxygen atoms in total. The maximum atomic E-state index is 6.34. The highest BCUT2D eigenvalue weighted by Crippen LogP contribution is 2.47. The van der Waals surface area contributed by atoms with E-state index in [1.807, 2.05) is 48.5 Å². The Morgan fingerprint density at radius 3 is 2.55 bits per heavy atom. The van der Waals surface area contributed by atoms with E-state index >= 15 is 0 Å². The molecule has 2 atom stereocenters. The van der Waals surface area contributed by atoms with Crippen LogP contribution in [0.4, 0.5) is 0 Å². The first-order valence-electron chi connectivity index (χ1n) is 9.52. The fourth-order valence-electron chi connectivity index (χ4n) is 3.97. The van der Waals surface area contributed by atoms with E-state index in [0.717, 1.165) is 34.6 Å². The Hall–Kier alpha value is -3.54. The molecule has 1 aromatic heterocycles. The van der Waals surface area contributed by atoms with Crippen LogP contribution in [0.5, 0.6) is 17.2 Å². The third-order valence-electron chi connectivity index (χ3n) is 5.41. The van der Waals surface area contributed by atoms with Gasteiger partial charge in [-0.25, -0.2) is 5.01 Å². The molecule has 0 amide bonds. The molecule has 2 aliphatic heterocycles. The fourth-order valence-corrected chi connectivity index (χ4v) is 3.97. The third kappa shape index (κ3) is 2.97. The number of rotatable bonds is 4. The number of methoxy groups -OCH3 is 2. The van der Waals surface area contributed by atoms with Crippen molar-refractivity contribution in [2.75, 3.05) is 14.2 Å². The van der Waals surface area contributed by atoms with E-state index in [9.17, 15) is 0 Å². The van der Waals surface area contributed by atoms with Gasteiger partial charge in [0.15, 0.2) is 11.5 Å². The zero-order valence-corrected chi connectivity index (χ0v) is 16.3. The van der Waals surface area contributed by atoms with E-state index in [1.165, 1.54) is 0 Å². The van der Waals surface area contributed by atoms with Crippen molar-refractivity contribution in [1.82, 2.24) is 9.99 Å². The molecule has 0 saturated carbocycles. The van der Waals surface area contributed by atoms with Gasteiger partial charge in [0.05, 0.1) is 26.0 Å². The van der Waals surface area contributed by atoms with Gasteiger partial charge in [-0.1, -0.05) is 18.2 Å². The molecule has 0 spiro atoms. The van der Waals surface area contributed by atoms with Gasteiger partial charge in [-0.2, -0.15) is 5.10 Å². The van der Waals surface area contributed by atoms with E-state index in [2.05, 4.69) is 16.1 Å². The zero-order chi connectivity index (χ0) is 19.8. The number of aromatic nitrogens is 1. The predicted octanol–water partition coefficient (Wildman–Crippen LogP) is 4.34. The molecule has 29 heavy (non-hydrogen) atoms. The van der Waals surface area contributed by atoms with Crippen molar-refractivity contribution in [3.05, 3.63) is 83.7 Å². The van der Waals surface area contributed by atoms with E-state index < -0.39 is 0 Å². The lowest BCUT2D eigenvalue weighted by atomic mass is 9.96. The van der Waals surface area contributed by atoms with Gasteiger partial charge in [-0.05, 0) is 36.4 Å². The highest BCUT2D eigenvalue weighted by Gasteiger charge is 2.40. The molecule has 146 valence electrons. The molecule has 0 N–H and O–H groups in total. The van der Waals surface area contributed by atoms with Gasteiger partial charge in [0.1, 0.15) is 5.75 Å². The number of hydrogen-bond donors (Lipinski definition) is 0. The quantitative estimate of drug-likeness (QED) is 0.667. The van der Waals surface area contributed by atoms with Crippen LogP contribution in [0, 0.1) is 0 Å². The molecule has 0 radical (unpaired) electrons. The summed E-state index contributed by atoms with van der Waals surface area (Å²) in [6.45, 7) is 0. The van der Waals surface area contributed by atoms with Crippen LogP contribution in [-0.4, -0.2) is 29.9 Å². The molecule has 0 aliphatic carbocycles. The monoisotopic (exact) mass is 387 g/mol. The Morgan fingerprint density at radius 1 is 0.966 bits per heavy atom. The molecular weight excluding hydrogens is 366 g/mol. The lowest BCUT2D eigenvalue weighted by Crippen LogP contribution is -2.33. The second-order valence-corrected chi connectivity index (χ2v) is 7.00. The molecule has 0 bridgehead atoms. The highest BCUT2D eigenvalue weighted by atomic mass is 16.5. The lowest BCUT2D eigenvalue weighted by molar-refractivity contribution is -0.0190. The topological polar surface area (TPSA) is 56.2 Å². The summed E-state index contributed by atoms with van der Waals surface area (Å²) in [4.78, 5) is 4.13. The predicted molar refractivity (Wildman–Crippen MR) is 109 cm³/mol. The van der Waals surface area contributed by atoms with Crippen molar-refractivity contribution in [3.8, 4) is 17.2 Å². The smallest absolute Gasteiger partial charge is 0.213 e. The van der Waals surface area contributed by atoms with Gasteiger partial charge in [0.2, 0.25) is 6.23 Å². The van der Waals surface area contributed by atoms with Crippen molar-refractivity contribution in [2.45, 2.75) is 18.7 Å². The van der Waals surface area contributed by atoms with Crippen LogP contribution in [0.15, 0.2) is 72.1 Å². The second-order valence-electron chi connectivity index (χ2n) is 7.00. The summed E-state index contributed by atoms with van der Waals surface area (Å²) in [5.74, 6) is 2.30. The van der Waals surface area contributed by atoms with Crippen molar-refractivity contribution in [3.63, 3.8) is 0 Å². The number of hydrazone groups is 1. The number of ether oxygens (including phenoxy) is 3. The van der Waals surface area contributed by atoms with E-state index in [4.69, 9.17) is 19.3 Å². The first-order valence-corrected chi connectivity index (χ1v) is 9.52. The van der Waals surface area contributed by atoms with Crippen LogP contribution in [0.2, 0.25) is 0 Å². The molecule has 2 aliphatic rings. The minimum atomic E-state index is -0.296. The van der Waals surface area contributed by atoms with Crippen LogP contribution in [0.1, 0.15) is 35.4 Å². The van der Waals surface area contributed by atoms with Crippen molar-refractivity contribution >= 4 is 5.71 Å². The van der Waals surface area contributed by atoms with Gasteiger partial charge >= 0.3 is 0 Å². The molecule has 5 rings (SSSR count). The number of para-hydroxylation sites is 1. The van der Waals surface area contributed by atoms with Gasteiger partial charge in [0.25, 0.3) is 0 Å². The lowest BCUT2D eigenvalue weighted by Gasteiger charge is -2.38. The number of nitrogens with zero attached hydrogens (tertiary/aromatic N) is 3. The molecular formula is C23H21N3O3. The Labute approximate surface area is 169 Å². The van der Waals surface area contributed by atoms with Crippen LogP contribution < -0.4 is 14.2 Å². The van der Waals surface area contributed by atoms with Crippen molar-refractivity contribution < 1.29 is 14.2 Å². The minimum absolute atomic E-state index is 0.112. The molecule has 3 heterocycles. The first kappa shape index (κ1) is 17.6. The number of hydrogen-bond acceptors (Lipinski definition) is 6. The number of pyridine rings is 1. The van der Waals surface area contributed by atoms with Gasteiger partial charge in [0, 0.05) is 35.5 Å². The first-order chi connectivity index (χ1) is 14.3. The number of fused-ring (bicyclic) bond motifs is 3. The molecule has 2 aromatic carbocycles. The van der Waals surface area contributed by atoms with Crippen LogP contribution in [0.3, 0.4) is 0 Å². The minimum Gasteiger partial charge on any atom is -0.493 e. The normalized spacial score (nSPS) is 19.7. The highest BCUT2D eigenvalue weighted by molar-refractivity contribution is 6.02. The van der Waals surface area contributed by atoms with Crippen LogP contribution >= 0.6 is 0 Å². The van der Waals surface area contributed by atoms with Crippen molar-refractivity contribution in [1.29, 1.82) is 0 Å². The summed E-state index contributed by atoms with van der Waals surface area (Å²) in [6, 6.07) is 18.2. The summed E-state index contributed by atoms with van der Waals surface area (Å²) in [5, 5.41) is 7.04. The van der Waals surface area contributed by atoms with Gasteiger partial charge in [-0.3, -0.25) is 4.98 Å². The average molecular weight is 387 g/mol. The molecule has 0 fully saturated rings. The summed E-state index contributed by atoms with van der Waals surface area (Å²) in [7, 11) is 3.28. The average Bonchev–Trinajstić information content (AvgIpc) is 3.24. The molecule has 3 aromatic rings. The second kappa shape index (κ2) is 7.13. The van der Waals surface area contributed by atoms with E-state index in [1.54, 1.807) is 26.6 Å². The van der Waals surface area contributed by atoms with Crippen molar-refractivity contribution in [2.24, 2.45) is 5.10 Å². The van der Waals surface area contributed by atoms with E-state index in [0.29, 0.717) is 11.5 Å². The maximum absolute atomic E-state index is 6.34. The summed E-state index contributed by atoms with van der Waals surface area (Å²) < 4.78 is 17.2. The summed E-state index contributed by atoms with van der Waals surface area (Å²) in [5.41, 5.74) is 4.19. The molecule has 0 saturated heterocycles. The third-order valence-corrected chi connectivity index (χ3v) is 5.41. The fraction of sp³-hybridized carbons (Fsp3) is 0.217. The standard InChI is InChI=1S/C23H21N3O3/c1-27-21-8-7-16(13-22(21)28-2)18-14-19-17-5-3-4-6-20(17)29-23(26(19)25-18)15-9-11-24-12-10-15/h3-13,19,23H,14H2,1-2H3/t19-,23+/m1/s1. The van der Waals surface area contributed by atoms with Crippen LogP contribution in [-0.2, 0) is 0 Å². The van der Waals surface area contributed by atoms with Gasteiger partial charge < -0.3 is 14.2 Å². The number of benzene rings is 2. The van der Waals surface area contributed by atoms with Gasteiger partial charge in [-0.15, -0.1) is 0 Å². The van der Waals surface area contributed by atoms with E-state index in [-0.39, 0.29) is 12.3 Å². The largest absolute Gasteiger partial charge is 0.493 e. The Kier molecular flexibility index (Phi) is 4.31.